The molecule has 0 saturated heterocycles. The first-order chi connectivity index (χ1) is 16.1. The minimum Gasteiger partial charge on any atom is -0.284 e. The van der Waals surface area contributed by atoms with Crippen LogP contribution < -0.4 is 4.72 Å². The Morgan fingerprint density at radius 1 is 1.00 bits per heavy atom. The Morgan fingerprint density at radius 3 is 2.44 bits per heavy atom. The number of nitrogens with zero attached hydrogens (tertiary/aromatic N) is 2. The van der Waals surface area contributed by atoms with Gasteiger partial charge in [0.1, 0.15) is 0 Å². The molecule has 1 N–H and O–H groups in total. The molecule has 1 heterocycles. The zero-order chi connectivity index (χ0) is 24.5. The molecule has 1 aliphatic heterocycles. The number of halogens is 1. The molecule has 0 bridgehead atoms. The predicted molar refractivity (Wildman–Crippen MR) is 135 cm³/mol. The molecule has 10 heteroatoms. The standard InChI is InChI=1S/C24H24ClN3O4S2/c1-3-33(29,30)27-20-11-6-9-18(14-20)23-16-24(22-13-5-4-8-17(22)2)28(26-23)34(31,32)21-12-7-10-19(25)15-21/h4-15,24,27H,3,16H2,1-2H3/t24-/m0/s1. The minimum absolute atomic E-state index is 0.0491. The van der Waals surface area contributed by atoms with Gasteiger partial charge in [-0.2, -0.15) is 17.9 Å². The summed E-state index contributed by atoms with van der Waals surface area (Å²) < 4.78 is 54.9. The SMILES string of the molecule is CCS(=O)(=O)Nc1cccc(C2=NN(S(=O)(=O)c3cccc(Cl)c3)[C@H](c3ccccc3C)C2)c1. The van der Waals surface area contributed by atoms with E-state index in [2.05, 4.69) is 9.82 Å². The Kier molecular flexibility index (Phi) is 6.71. The van der Waals surface area contributed by atoms with E-state index in [4.69, 9.17) is 11.6 Å². The lowest BCUT2D eigenvalue weighted by molar-refractivity contribution is 0.370. The third-order valence-electron chi connectivity index (χ3n) is 5.61. The van der Waals surface area contributed by atoms with Crippen molar-refractivity contribution in [2.75, 3.05) is 10.5 Å². The van der Waals surface area contributed by atoms with Gasteiger partial charge in [-0.1, -0.05) is 54.1 Å². The molecule has 0 aliphatic carbocycles. The van der Waals surface area contributed by atoms with E-state index in [9.17, 15) is 16.8 Å². The van der Waals surface area contributed by atoms with Crippen LogP contribution in [0.5, 0.6) is 0 Å². The van der Waals surface area contributed by atoms with E-state index in [1.807, 2.05) is 31.2 Å². The molecule has 7 nitrogen and oxygen atoms in total. The van der Waals surface area contributed by atoms with Gasteiger partial charge < -0.3 is 0 Å². The van der Waals surface area contributed by atoms with E-state index >= 15 is 0 Å². The summed E-state index contributed by atoms with van der Waals surface area (Å²) in [6, 6.07) is 19.9. The molecule has 3 aromatic carbocycles. The molecule has 0 fully saturated rings. The van der Waals surface area contributed by atoms with Crippen LogP contribution in [-0.2, 0) is 20.0 Å². The van der Waals surface area contributed by atoms with Gasteiger partial charge in [0.2, 0.25) is 10.0 Å². The van der Waals surface area contributed by atoms with Gasteiger partial charge in [-0.3, -0.25) is 4.72 Å². The second kappa shape index (κ2) is 9.40. The number of nitrogens with one attached hydrogen (secondary N) is 1. The van der Waals surface area contributed by atoms with Gasteiger partial charge in [0, 0.05) is 17.1 Å². The van der Waals surface area contributed by atoms with Crippen molar-refractivity contribution in [3.05, 3.63) is 94.5 Å². The highest BCUT2D eigenvalue weighted by Gasteiger charge is 2.38. The first kappa shape index (κ1) is 24.3. The van der Waals surface area contributed by atoms with Crippen LogP contribution in [0.2, 0.25) is 5.02 Å². The topological polar surface area (TPSA) is 95.9 Å². The van der Waals surface area contributed by atoms with Gasteiger partial charge in [0.15, 0.2) is 0 Å². The summed E-state index contributed by atoms with van der Waals surface area (Å²) in [4.78, 5) is 0.0491. The number of aryl methyl sites for hydroxylation is 1. The largest absolute Gasteiger partial charge is 0.284 e. The number of rotatable bonds is 7. The van der Waals surface area contributed by atoms with Crippen molar-refractivity contribution in [3.63, 3.8) is 0 Å². The molecule has 0 unspecified atom stereocenters. The van der Waals surface area contributed by atoms with E-state index in [1.165, 1.54) is 12.1 Å². The Hall–Kier alpha value is -2.88. The summed E-state index contributed by atoms with van der Waals surface area (Å²) >= 11 is 6.07. The third-order valence-corrected chi connectivity index (χ3v) is 8.83. The lowest BCUT2D eigenvalue weighted by Crippen LogP contribution is -2.27. The van der Waals surface area contributed by atoms with Crippen molar-refractivity contribution in [2.24, 2.45) is 5.10 Å². The van der Waals surface area contributed by atoms with Crippen molar-refractivity contribution in [1.82, 2.24) is 4.41 Å². The van der Waals surface area contributed by atoms with Crippen LogP contribution in [0, 0.1) is 6.92 Å². The van der Waals surface area contributed by atoms with Crippen LogP contribution >= 0.6 is 11.6 Å². The lowest BCUT2D eigenvalue weighted by Gasteiger charge is -2.24. The van der Waals surface area contributed by atoms with Gasteiger partial charge in [-0.15, -0.1) is 0 Å². The molecular weight excluding hydrogens is 494 g/mol. The highest BCUT2D eigenvalue weighted by Crippen LogP contribution is 2.38. The van der Waals surface area contributed by atoms with Crippen LogP contribution in [0.15, 0.2) is 82.8 Å². The van der Waals surface area contributed by atoms with Crippen molar-refractivity contribution in [2.45, 2.75) is 31.2 Å². The van der Waals surface area contributed by atoms with E-state index in [0.717, 1.165) is 15.5 Å². The summed E-state index contributed by atoms with van der Waals surface area (Å²) in [7, 11) is -7.46. The fourth-order valence-corrected chi connectivity index (χ4v) is 6.18. The van der Waals surface area contributed by atoms with Crippen LogP contribution in [0.3, 0.4) is 0 Å². The van der Waals surface area contributed by atoms with Crippen LogP contribution in [0.4, 0.5) is 5.69 Å². The van der Waals surface area contributed by atoms with E-state index < -0.39 is 26.1 Å². The quantitative estimate of drug-likeness (QED) is 0.479. The molecular formula is C24H24ClN3O4S2. The van der Waals surface area contributed by atoms with Gasteiger partial charge in [-0.05, 0) is 60.9 Å². The molecule has 0 radical (unpaired) electrons. The highest BCUT2D eigenvalue weighted by molar-refractivity contribution is 7.92. The van der Waals surface area contributed by atoms with Gasteiger partial charge in [-0.25, -0.2) is 8.42 Å². The fourth-order valence-electron chi connectivity index (χ4n) is 3.83. The molecule has 4 rings (SSSR count). The molecule has 1 aliphatic rings. The normalized spacial score (nSPS) is 16.4. The monoisotopic (exact) mass is 517 g/mol. The maximum absolute atomic E-state index is 13.6. The number of hydrogen-bond donors (Lipinski definition) is 1. The molecule has 0 saturated carbocycles. The molecule has 1 atom stereocenters. The zero-order valence-corrected chi connectivity index (χ0v) is 21.0. The molecule has 34 heavy (non-hydrogen) atoms. The average molecular weight is 518 g/mol. The molecule has 3 aromatic rings. The van der Waals surface area contributed by atoms with E-state index in [1.54, 1.807) is 43.3 Å². The minimum atomic E-state index is -4.01. The summed E-state index contributed by atoms with van der Waals surface area (Å²) in [5.41, 5.74) is 3.36. The highest BCUT2D eigenvalue weighted by atomic mass is 35.5. The Bertz CT molecular complexity index is 1470. The maximum Gasteiger partial charge on any atom is 0.279 e. The Morgan fingerprint density at radius 2 is 1.74 bits per heavy atom. The van der Waals surface area contributed by atoms with E-state index in [0.29, 0.717) is 28.4 Å². The number of hydrogen-bond acceptors (Lipinski definition) is 5. The van der Waals surface area contributed by atoms with Crippen LogP contribution in [0.25, 0.3) is 0 Å². The van der Waals surface area contributed by atoms with Crippen molar-refractivity contribution >= 4 is 43.0 Å². The third kappa shape index (κ3) is 4.96. The smallest absolute Gasteiger partial charge is 0.279 e. The first-order valence-electron chi connectivity index (χ1n) is 10.6. The molecule has 0 amide bonds. The van der Waals surface area contributed by atoms with Crippen molar-refractivity contribution in [3.8, 4) is 0 Å². The fraction of sp³-hybridized carbons (Fsp3) is 0.208. The molecule has 0 spiro atoms. The Balaban J connectivity index is 1.79. The summed E-state index contributed by atoms with van der Waals surface area (Å²) in [5, 5.41) is 4.85. The molecule has 178 valence electrons. The molecule has 0 aromatic heterocycles. The van der Waals surface area contributed by atoms with Gasteiger partial charge >= 0.3 is 0 Å². The first-order valence-corrected chi connectivity index (χ1v) is 14.1. The lowest BCUT2D eigenvalue weighted by atomic mass is 9.96. The van der Waals surface area contributed by atoms with Crippen LogP contribution in [-0.4, -0.2) is 32.7 Å². The predicted octanol–water partition coefficient (Wildman–Crippen LogP) is 4.95. The summed E-state index contributed by atoms with van der Waals surface area (Å²) in [5.74, 6) is -0.0564. The van der Waals surface area contributed by atoms with Gasteiger partial charge in [0.05, 0.1) is 22.4 Å². The second-order valence-electron chi connectivity index (χ2n) is 7.94. The second-order valence-corrected chi connectivity index (χ2v) is 12.2. The number of benzene rings is 3. The van der Waals surface area contributed by atoms with Gasteiger partial charge in [0.25, 0.3) is 10.0 Å². The maximum atomic E-state index is 13.6. The Labute approximate surface area is 205 Å². The van der Waals surface area contributed by atoms with Crippen molar-refractivity contribution < 1.29 is 16.8 Å². The average Bonchev–Trinajstić information content (AvgIpc) is 3.25. The van der Waals surface area contributed by atoms with Crippen LogP contribution in [0.1, 0.15) is 36.1 Å². The number of anilines is 1. The number of sulfonamides is 2. The zero-order valence-electron chi connectivity index (χ0n) is 18.6. The van der Waals surface area contributed by atoms with E-state index in [-0.39, 0.29) is 10.6 Å². The summed E-state index contributed by atoms with van der Waals surface area (Å²) in [6.07, 6.45) is 0.328. The van der Waals surface area contributed by atoms with Crippen molar-refractivity contribution in [1.29, 1.82) is 0 Å². The summed E-state index contributed by atoms with van der Waals surface area (Å²) in [6.45, 7) is 3.48. The number of hydrazone groups is 1.